The first-order valence-corrected chi connectivity index (χ1v) is 9.31. The van der Waals surface area contributed by atoms with Gasteiger partial charge in [-0.25, -0.2) is 0 Å². The maximum atomic E-state index is 6.27. The predicted molar refractivity (Wildman–Crippen MR) is 91.2 cm³/mol. The zero-order valence-corrected chi connectivity index (χ0v) is 14.3. The first-order valence-electron chi connectivity index (χ1n) is 6.46. The molecule has 1 heterocycles. The molecule has 1 aliphatic heterocycles. The quantitative estimate of drug-likeness (QED) is 0.877. The Morgan fingerprint density at radius 2 is 2.05 bits per heavy atom. The molecule has 0 aliphatic carbocycles. The standard InChI is InChI=1S/C14H19Cl2NS2/c1-9-14(19-6-5-18-9)13(17-2)8-10-7-11(15)3-4-12(10)16/h3-4,7,9,13-14,17H,5-6,8H2,1-2H3. The second-order valence-electron chi connectivity index (χ2n) is 4.75. The van der Waals surface area contributed by atoms with Crippen LogP contribution in [0.25, 0.3) is 0 Å². The molecule has 3 atom stereocenters. The van der Waals surface area contributed by atoms with Crippen LogP contribution in [0, 0.1) is 0 Å². The number of likely N-dealkylation sites (N-methyl/N-ethyl adjacent to an activating group) is 1. The van der Waals surface area contributed by atoms with Crippen molar-refractivity contribution in [3.63, 3.8) is 0 Å². The van der Waals surface area contributed by atoms with Crippen molar-refractivity contribution in [2.75, 3.05) is 18.6 Å². The largest absolute Gasteiger partial charge is 0.316 e. The molecular weight excluding hydrogens is 317 g/mol. The highest BCUT2D eigenvalue weighted by molar-refractivity contribution is 8.07. The van der Waals surface area contributed by atoms with Crippen LogP contribution in [0.1, 0.15) is 12.5 Å². The summed E-state index contributed by atoms with van der Waals surface area (Å²) >= 11 is 16.5. The fraction of sp³-hybridized carbons (Fsp3) is 0.571. The van der Waals surface area contributed by atoms with Gasteiger partial charge >= 0.3 is 0 Å². The van der Waals surface area contributed by atoms with Crippen LogP contribution in [0.15, 0.2) is 18.2 Å². The molecule has 3 unspecified atom stereocenters. The van der Waals surface area contributed by atoms with Crippen molar-refractivity contribution >= 4 is 46.7 Å². The molecule has 0 bridgehead atoms. The summed E-state index contributed by atoms with van der Waals surface area (Å²) in [5.74, 6) is 2.50. The Balaban J connectivity index is 2.11. The Hall–Kier alpha value is 0.460. The van der Waals surface area contributed by atoms with E-state index in [0.717, 1.165) is 22.0 Å². The van der Waals surface area contributed by atoms with Gasteiger partial charge in [0.1, 0.15) is 0 Å². The minimum Gasteiger partial charge on any atom is -0.316 e. The molecule has 19 heavy (non-hydrogen) atoms. The van der Waals surface area contributed by atoms with E-state index in [1.807, 2.05) is 25.2 Å². The normalized spacial score (nSPS) is 25.3. The van der Waals surface area contributed by atoms with Gasteiger partial charge in [0.2, 0.25) is 0 Å². The molecule has 1 aromatic rings. The lowest BCUT2D eigenvalue weighted by molar-refractivity contribution is 0.531. The number of halogens is 2. The molecule has 0 spiro atoms. The molecule has 1 N–H and O–H groups in total. The zero-order chi connectivity index (χ0) is 13.8. The topological polar surface area (TPSA) is 12.0 Å². The number of hydrogen-bond donors (Lipinski definition) is 1. The van der Waals surface area contributed by atoms with Crippen LogP contribution in [-0.4, -0.2) is 35.1 Å². The van der Waals surface area contributed by atoms with Gasteiger partial charge in [-0.15, -0.1) is 0 Å². The van der Waals surface area contributed by atoms with E-state index in [0.29, 0.717) is 16.5 Å². The van der Waals surface area contributed by atoms with Crippen LogP contribution >= 0.6 is 46.7 Å². The summed E-state index contributed by atoms with van der Waals surface area (Å²) in [5, 5.41) is 6.33. The molecule has 0 radical (unpaired) electrons. The fourth-order valence-corrected chi connectivity index (χ4v) is 5.80. The Morgan fingerprint density at radius 3 is 2.74 bits per heavy atom. The van der Waals surface area contributed by atoms with Crippen molar-refractivity contribution in [3.05, 3.63) is 33.8 Å². The third-order valence-corrected chi connectivity index (χ3v) is 7.31. The van der Waals surface area contributed by atoms with Gasteiger partial charge < -0.3 is 5.32 Å². The average molecular weight is 336 g/mol. The first kappa shape index (κ1) is 15.8. The number of thioether (sulfide) groups is 2. The zero-order valence-electron chi connectivity index (χ0n) is 11.2. The predicted octanol–water partition coefficient (Wildman–Crippen LogP) is 4.36. The van der Waals surface area contributed by atoms with E-state index < -0.39 is 0 Å². The highest BCUT2D eigenvalue weighted by Crippen LogP contribution is 2.34. The van der Waals surface area contributed by atoms with E-state index >= 15 is 0 Å². The molecule has 0 aromatic heterocycles. The molecule has 1 nitrogen and oxygen atoms in total. The lowest BCUT2D eigenvalue weighted by Gasteiger charge is -2.34. The molecule has 1 fully saturated rings. The van der Waals surface area contributed by atoms with Gasteiger partial charge in [-0.1, -0.05) is 30.1 Å². The lowest BCUT2D eigenvalue weighted by atomic mass is 10.0. The Morgan fingerprint density at radius 1 is 1.32 bits per heavy atom. The van der Waals surface area contributed by atoms with Gasteiger partial charge in [-0.3, -0.25) is 0 Å². The monoisotopic (exact) mass is 335 g/mol. The number of rotatable bonds is 4. The van der Waals surface area contributed by atoms with Crippen LogP contribution in [-0.2, 0) is 6.42 Å². The third-order valence-electron chi connectivity index (χ3n) is 3.45. The minimum atomic E-state index is 0.434. The van der Waals surface area contributed by atoms with Crippen molar-refractivity contribution < 1.29 is 0 Å². The van der Waals surface area contributed by atoms with Gasteiger partial charge in [0.25, 0.3) is 0 Å². The van der Waals surface area contributed by atoms with Crippen LogP contribution in [0.2, 0.25) is 10.0 Å². The highest BCUT2D eigenvalue weighted by Gasteiger charge is 2.29. The maximum absolute atomic E-state index is 6.27. The van der Waals surface area contributed by atoms with Gasteiger partial charge in [-0.2, -0.15) is 23.5 Å². The Kier molecular flexibility index (Phi) is 6.22. The van der Waals surface area contributed by atoms with Crippen LogP contribution in [0.4, 0.5) is 0 Å². The SMILES string of the molecule is CNC(Cc1cc(Cl)ccc1Cl)C1SCCSC1C. The maximum Gasteiger partial charge on any atom is 0.0439 e. The summed E-state index contributed by atoms with van der Waals surface area (Å²) in [6, 6.07) is 6.15. The minimum absolute atomic E-state index is 0.434. The van der Waals surface area contributed by atoms with Crippen LogP contribution in [0.3, 0.4) is 0 Å². The fourth-order valence-electron chi connectivity index (χ4n) is 2.41. The molecule has 0 saturated carbocycles. The molecule has 106 valence electrons. The molecule has 1 saturated heterocycles. The summed E-state index contributed by atoms with van der Waals surface area (Å²) < 4.78 is 0. The van der Waals surface area contributed by atoms with Crippen LogP contribution in [0.5, 0.6) is 0 Å². The average Bonchev–Trinajstić information content (AvgIpc) is 2.41. The summed E-state index contributed by atoms with van der Waals surface area (Å²) in [5.41, 5.74) is 1.14. The summed E-state index contributed by atoms with van der Waals surface area (Å²) in [6.07, 6.45) is 0.929. The molecule has 2 rings (SSSR count). The van der Waals surface area contributed by atoms with E-state index in [1.165, 1.54) is 11.5 Å². The summed E-state index contributed by atoms with van der Waals surface area (Å²) in [4.78, 5) is 0. The highest BCUT2D eigenvalue weighted by atomic mass is 35.5. The summed E-state index contributed by atoms with van der Waals surface area (Å²) in [6.45, 7) is 2.32. The van der Waals surface area contributed by atoms with Crippen molar-refractivity contribution in [2.45, 2.75) is 29.9 Å². The molecule has 1 aliphatic rings. The van der Waals surface area contributed by atoms with Crippen molar-refractivity contribution in [2.24, 2.45) is 0 Å². The second kappa shape index (κ2) is 7.46. The molecule has 0 amide bonds. The van der Waals surface area contributed by atoms with E-state index in [2.05, 4.69) is 35.8 Å². The van der Waals surface area contributed by atoms with Crippen LogP contribution < -0.4 is 5.32 Å². The second-order valence-corrected chi connectivity index (χ2v) is 8.36. The van der Waals surface area contributed by atoms with Gasteiger partial charge in [0.15, 0.2) is 0 Å². The van der Waals surface area contributed by atoms with Gasteiger partial charge in [0.05, 0.1) is 0 Å². The van der Waals surface area contributed by atoms with E-state index in [9.17, 15) is 0 Å². The van der Waals surface area contributed by atoms with Crippen molar-refractivity contribution in [1.82, 2.24) is 5.32 Å². The number of nitrogens with one attached hydrogen (secondary N) is 1. The van der Waals surface area contributed by atoms with Gasteiger partial charge in [-0.05, 0) is 37.2 Å². The Bertz CT molecular complexity index is 428. The van der Waals surface area contributed by atoms with E-state index in [4.69, 9.17) is 23.2 Å². The number of benzene rings is 1. The third kappa shape index (κ3) is 4.21. The smallest absolute Gasteiger partial charge is 0.0439 e. The Labute approximate surface area is 134 Å². The molecule has 1 aromatic carbocycles. The first-order chi connectivity index (χ1) is 9.11. The van der Waals surface area contributed by atoms with E-state index in [-0.39, 0.29) is 0 Å². The van der Waals surface area contributed by atoms with Crippen molar-refractivity contribution in [1.29, 1.82) is 0 Å². The lowest BCUT2D eigenvalue weighted by Crippen LogP contribution is -2.44. The van der Waals surface area contributed by atoms with Crippen molar-refractivity contribution in [3.8, 4) is 0 Å². The number of hydrogen-bond acceptors (Lipinski definition) is 3. The molecule has 5 heteroatoms. The van der Waals surface area contributed by atoms with Gasteiger partial charge in [0, 0.05) is 38.1 Å². The molecular formula is C14H19Cl2NS2. The summed E-state index contributed by atoms with van der Waals surface area (Å²) in [7, 11) is 2.04. The van der Waals surface area contributed by atoms with E-state index in [1.54, 1.807) is 0 Å².